The number of hydrogen-bond donors (Lipinski definition) is 2. The van der Waals surface area contributed by atoms with E-state index in [0.29, 0.717) is 0 Å². The quantitative estimate of drug-likeness (QED) is 0.665. The fourth-order valence-corrected chi connectivity index (χ4v) is 1.55. The van der Waals surface area contributed by atoms with E-state index in [1.807, 2.05) is 13.2 Å². The first-order valence-electron chi connectivity index (χ1n) is 6.14. The number of aryl methyl sites for hydroxylation is 1. The van der Waals surface area contributed by atoms with E-state index in [-0.39, 0.29) is 0 Å². The molecule has 3 heteroatoms. The second-order valence-corrected chi connectivity index (χ2v) is 4.69. The lowest BCUT2D eigenvalue weighted by molar-refractivity contribution is 0.522. The summed E-state index contributed by atoms with van der Waals surface area (Å²) in [7, 11) is 0. The van der Waals surface area contributed by atoms with Crippen LogP contribution in [0.15, 0.2) is 16.7 Å². The zero-order chi connectivity index (χ0) is 11.8. The molecule has 0 aliphatic rings. The van der Waals surface area contributed by atoms with Gasteiger partial charge in [-0.25, -0.2) is 0 Å². The first kappa shape index (κ1) is 13.3. The highest BCUT2D eigenvalue weighted by Gasteiger charge is 1.97. The predicted octanol–water partition coefficient (Wildman–Crippen LogP) is 2.31. The molecule has 92 valence electrons. The molecule has 0 spiro atoms. The molecule has 0 aliphatic carbocycles. The molecule has 2 N–H and O–H groups in total. The van der Waals surface area contributed by atoms with E-state index in [2.05, 4.69) is 30.5 Å². The summed E-state index contributed by atoms with van der Waals surface area (Å²) in [5.41, 5.74) is 1.23. The number of furan rings is 1. The van der Waals surface area contributed by atoms with Crippen LogP contribution in [-0.2, 0) is 6.54 Å². The van der Waals surface area contributed by atoms with Crippen molar-refractivity contribution < 1.29 is 4.42 Å². The molecule has 0 aliphatic heterocycles. The van der Waals surface area contributed by atoms with Crippen LogP contribution in [0.4, 0.5) is 0 Å². The molecule has 1 aromatic heterocycles. The zero-order valence-corrected chi connectivity index (χ0v) is 10.7. The van der Waals surface area contributed by atoms with Gasteiger partial charge in [-0.15, -0.1) is 0 Å². The minimum Gasteiger partial charge on any atom is -0.469 e. The van der Waals surface area contributed by atoms with E-state index in [4.69, 9.17) is 4.42 Å². The van der Waals surface area contributed by atoms with Crippen molar-refractivity contribution in [3.05, 3.63) is 23.7 Å². The van der Waals surface area contributed by atoms with Crippen molar-refractivity contribution >= 4 is 0 Å². The van der Waals surface area contributed by atoms with Crippen LogP contribution in [0.1, 0.15) is 31.6 Å². The molecule has 0 saturated heterocycles. The van der Waals surface area contributed by atoms with Crippen LogP contribution in [-0.4, -0.2) is 19.6 Å². The summed E-state index contributed by atoms with van der Waals surface area (Å²) in [5.74, 6) is 1.72. The van der Waals surface area contributed by atoms with Gasteiger partial charge in [0.1, 0.15) is 5.76 Å². The Morgan fingerprint density at radius 3 is 2.62 bits per heavy atom. The highest BCUT2D eigenvalue weighted by Crippen LogP contribution is 2.05. The van der Waals surface area contributed by atoms with Gasteiger partial charge in [-0.2, -0.15) is 0 Å². The van der Waals surface area contributed by atoms with Crippen molar-refractivity contribution in [2.45, 2.75) is 33.7 Å². The SMILES string of the molecule is Cc1cc(CNCCCNCC(C)C)co1. The smallest absolute Gasteiger partial charge is 0.101 e. The van der Waals surface area contributed by atoms with E-state index in [9.17, 15) is 0 Å². The molecule has 16 heavy (non-hydrogen) atoms. The molecule has 0 radical (unpaired) electrons. The van der Waals surface area contributed by atoms with Crippen LogP contribution in [0.25, 0.3) is 0 Å². The Morgan fingerprint density at radius 1 is 1.25 bits per heavy atom. The lowest BCUT2D eigenvalue weighted by atomic mass is 10.2. The Labute approximate surface area is 98.6 Å². The second-order valence-electron chi connectivity index (χ2n) is 4.69. The number of nitrogens with one attached hydrogen (secondary N) is 2. The average molecular weight is 224 g/mol. The van der Waals surface area contributed by atoms with Gasteiger partial charge in [0, 0.05) is 12.1 Å². The fraction of sp³-hybridized carbons (Fsp3) is 0.692. The molecule has 0 saturated carbocycles. The maximum Gasteiger partial charge on any atom is 0.101 e. The molecule has 0 atom stereocenters. The van der Waals surface area contributed by atoms with Crippen LogP contribution in [0.5, 0.6) is 0 Å². The molecule has 1 rings (SSSR count). The van der Waals surface area contributed by atoms with E-state index < -0.39 is 0 Å². The summed E-state index contributed by atoms with van der Waals surface area (Å²) in [6.07, 6.45) is 2.99. The van der Waals surface area contributed by atoms with Gasteiger partial charge in [0.15, 0.2) is 0 Å². The van der Waals surface area contributed by atoms with Crippen molar-refractivity contribution in [3.8, 4) is 0 Å². The van der Waals surface area contributed by atoms with Crippen LogP contribution in [0.2, 0.25) is 0 Å². The summed E-state index contributed by atoms with van der Waals surface area (Å²) in [6.45, 7) is 10.6. The predicted molar refractivity (Wildman–Crippen MR) is 67.5 cm³/mol. The van der Waals surface area contributed by atoms with Crippen molar-refractivity contribution in [3.63, 3.8) is 0 Å². The van der Waals surface area contributed by atoms with Crippen LogP contribution < -0.4 is 10.6 Å². The summed E-state index contributed by atoms with van der Waals surface area (Å²) in [5, 5.41) is 6.83. The summed E-state index contributed by atoms with van der Waals surface area (Å²) < 4.78 is 5.23. The van der Waals surface area contributed by atoms with E-state index >= 15 is 0 Å². The van der Waals surface area contributed by atoms with Gasteiger partial charge in [-0.3, -0.25) is 0 Å². The zero-order valence-electron chi connectivity index (χ0n) is 10.7. The van der Waals surface area contributed by atoms with Crippen LogP contribution >= 0.6 is 0 Å². The lowest BCUT2D eigenvalue weighted by Crippen LogP contribution is -2.24. The topological polar surface area (TPSA) is 37.2 Å². The summed E-state index contributed by atoms with van der Waals surface area (Å²) in [6, 6.07) is 2.07. The van der Waals surface area contributed by atoms with Gasteiger partial charge < -0.3 is 15.1 Å². The summed E-state index contributed by atoms with van der Waals surface area (Å²) in [4.78, 5) is 0. The van der Waals surface area contributed by atoms with Crippen molar-refractivity contribution in [1.82, 2.24) is 10.6 Å². The Balaban J connectivity index is 1.92. The monoisotopic (exact) mass is 224 g/mol. The maximum atomic E-state index is 5.23. The maximum absolute atomic E-state index is 5.23. The van der Waals surface area contributed by atoms with Gasteiger partial charge in [0.25, 0.3) is 0 Å². The third-order valence-corrected chi connectivity index (χ3v) is 2.37. The molecule has 0 bridgehead atoms. The Kier molecular flexibility index (Phi) is 6.19. The van der Waals surface area contributed by atoms with Gasteiger partial charge in [-0.1, -0.05) is 13.8 Å². The van der Waals surface area contributed by atoms with Crippen molar-refractivity contribution in [1.29, 1.82) is 0 Å². The van der Waals surface area contributed by atoms with E-state index in [1.54, 1.807) is 0 Å². The third kappa shape index (κ3) is 5.93. The first-order valence-corrected chi connectivity index (χ1v) is 6.14. The molecular weight excluding hydrogens is 200 g/mol. The largest absolute Gasteiger partial charge is 0.469 e. The van der Waals surface area contributed by atoms with Crippen LogP contribution in [0.3, 0.4) is 0 Å². The van der Waals surface area contributed by atoms with Crippen molar-refractivity contribution in [2.75, 3.05) is 19.6 Å². The molecule has 0 unspecified atom stereocenters. The number of hydrogen-bond acceptors (Lipinski definition) is 3. The fourth-order valence-electron chi connectivity index (χ4n) is 1.55. The lowest BCUT2D eigenvalue weighted by Gasteiger charge is -2.07. The minimum absolute atomic E-state index is 0.738. The molecule has 3 nitrogen and oxygen atoms in total. The highest BCUT2D eigenvalue weighted by atomic mass is 16.3. The Hall–Kier alpha value is -0.800. The molecule has 0 amide bonds. The molecule has 0 fully saturated rings. The van der Waals surface area contributed by atoms with E-state index in [1.165, 1.54) is 12.0 Å². The van der Waals surface area contributed by atoms with Crippen molar-refractivity contribution in [2.24, 2.45) is 5.92 Å². The third-order valence-electron chi connectivity index (χ3n) is 2.37. The molecule has 0 aromatic carbocycles. The Morgan fingerprint density at radius 2 is 2.00 bits per heavy atom. The average Bonchev–Trinajstić information content (AvgIpc) is 2.62. The molecule has 1 aromatic rings. The normalized spacial score (nSPS) is 11.2. The number of rotatable bonds is 8. The van der Waals surface area contributed by atoms with Gasteiger partial charge >= 0.3 is 0 Å². The highest BCUT2D eigenvalue weighted by molar-refractivity contribution is 5.10. The molecular formula is C13H24N2O. The first-order chi connectivity index (χ1) is 7.68. The van der Waals surface area contributed by atoms with Gasteiger partial charge in [-0.05, 0) is 45.0 Å². The second kappa shape index (κ2) is 7.47. The van der Waals surface area contributed by atoms with Gasteiger partial charge in [0.2, 0.25) is 0 Å². The van der Waals surface area contributed by atoms with E-state index in [0.717, 1.165) is 37.9 Å². The summed E-state index contributed by atoms with van der Waals surface area (Å²) >= 11 is 0. The minimum atomic E-state index is 0.738. The Bertz CT molecular complexity index is 281. The standard InChI is InChI=1S/C13H24N2O/c1-11(2)8-14-5-4-6-15-9-13-7-12(3)16-10-13/h7,10-11,14-15H,4-6,8-9H2,1-3H3. The van der Waals surface area contributed by atoms with Crippen LogP contribution in [0, 0.1) is 12.8 Å². The molecule has 1 heterocycles. The van der Waals surface area contributed by atoms with Gasteiger partial charge in [0.05, 0.1) is 6.26 Å².